The van der Waals surface area contributed by atoms with Crippen molar-refractivity contribution in [2.45, 2.75) is 0 Å². The average molecular weight is 230 g/mol. The van der Waals surface area contributed by atoms with E-state index in [9.17, 15) is 0 Å². The third kappa shape index (κ3) is 1.69. The zero-order valence-electron chi connectivity index (χ0n) is 4.46. The molecule has 0 saturated carbocycles. The fourth-order valence-corrected chi connectivity index (χ4v) is 1.30. The van der Waals surface area contributed by atoms with Gasteiger partial charge in [-0.1, -0.05) is 0 Å². The van der Waals surface area contributed by atoms with Gasteiger partial charge < -0.3 is 0 Å². The Morgan fingerprint density at radius 1 is 0.750 bits per heavy atom. The van der Waals surface area contributed by atoms with Crippen LogP contribution in [0.4, 0.5) is 0 Å². The summed E-state index contributed by atoms with van der Waals surface area (Å²) < 4.78 is 2.80. The van der Waals surface area contributed by atoms with E-state index in [1.807, 2.05) is 0 Å². The standard InChI is InChI=1S/C6H8As2/c7-5-1-2-6(8)4-3-5/h1-4H,7-8H2. The second-order valence-electron chi connectivity index (χ2n) is 1.67. The molecule has 8 heavy (non-hydrogen) atoms. The first-order chi connectivity index (χ1) is 3.79. The average Bonchev–Trinajstić information content (AvgIpc) is 1.77. The predicted octanol–water partition coefficient (Wildman–Crippen LogP) is -1.80. The fourth-order valence-electron chi connectivity index (χ4n) is 0.496. The van der Waals surface area contributed by atoms with E-state index in [0.717, 1.165) is 0 Å². The van der Waals surface area contributed by atoms with Crippen LogP contribution in [0, 0.1) is 0 Å². The van der Waals surface area contributed by atoms with E-state index in [-0.39, 0.29) is 0 Å². The number of hydrogen-bond acceptors (Lipinski definition) is 0. The molecule has 0 N–H and O–H groups in total. The van der Waals surface area contributed by atoms with Crippen molar-refractivity contribution in [1.82, 2.24) is 0 Å². The molecule has 0 saturated heterocycles. The Kier molecular flexibility index (Phi) is 2.23. The van der Waals surface area contributed by atoms with Crippen molar-refractivity contribution in [1.29, 1.82) is 0 Å². The molecule has 0 nitrogen and oxygen atoms in total. The van der Waals surface area contributed by atoms with Gasteiger partial charge in [0.25, 0.3) is 0 Å². The van der Waals surface area contributed by atoms with Crippen molar-refractivity contribution >= 4 is 42.4 Å². The Morgan fingerprint density at radius 3 is 1.25 bits per heavy atom. The van der Waals surface area contributed by atoms with Crippen LogP contribution in [0.25, 0.3) is 0 Å². The molecule has 0 aromatic heterocycles. The van der Waals surface area contributed by atoms with Crippen molar-refractivity contribution < 1.29 is 0 Å². The van der Waals surface area contributed by atoms with Gasteiger partial charge in [0.05, 0.1) is 0 Å². The van der Waals surface area contributed by atoms with Crippen LogP contribution in [0.15, 0.2) is 24.3 Å². The molecular formula is C6H8As2. The Bertz CT molecular complexity index is 145. The van der Waals surface area contributed by atoms with Crippen LogP contribution in [0.5, 0.6) is 0 Å². The number of rotatable bonds is 0. The Balaban J connectivity index is 3.03. The molecule has 0 radical (unpaired) electrons. The van der Waals surface area contributed by atoms with Crippen LogP contribution in [0.2, 0.25) is 0 Å². The quantitative estimate of drug-likeness (QED) is 0.461. The first kappa shape index (κ1) is 6.46. The van der Waals surface area contributed by atoms with Gasteiger partial charge in [0, 0.05) is 0 Å². The van der Waals surface area contributed by atoms with Gasteiger partial charge in [0.2, 0.25) is 0 Å². The molecule has 42 valence electrons. The second kappa shape index (κ2) is 2.76. The van der Waals surface area contributed by atoms with Crippen molar-refractivity contribution in [2.75, 3.05) is 0 Å². The van der Waals surface area contributed by atoms with Gasteiger partial charge in [0.15, 0.2) is 0 Å². The zero-order chi connectivity index (χ0) is 5.98. The van der Waals surface area contributed by atoms with E-state index < -0.39 is 0 Å². The molecule has 0 aliphatic heterocycles. The summed E-state index contributed by atoms with van der Waals surface area (Å²) in [5.74, 6) is 0. The monoisotopic (exact) mass is 230 g/mol. The van der Waals surface area contributed by atoms with Gasteiger partial charge >= 0.3 is 66.7 Å². The minimum absolute atomic E-state index is 1.40. The molecule has 0 aliphatic carbocycles. The summed E-state index contributed by atoms with van der Waals surface area (Å²) in [7, 11) is 0. The summed E-state index contributed by atoms with van der Waals surface area (Å²) in [6.45, 7) is 0. The molecule has 0 fully saturated rings. The Labute approximate surface area is 66.7 Å². The molecule has 2 atom stereocenters. The van der Waals surface area contributed by atoms with E-state index in [2.05, 4.69) is 24.3 Å². The predicted molar refractivity (Wildman–Crippen MR) is 42.8 cm³/mol. The first-order valence-corrected chi connectivity index (χ1v) is 4.82. The van der Waals surface area contributed by atoms with Gasteiger partial charge in [-0.3, -0.25) is 0 Å². The van der Waals surface area contributed by atoms with Gasteiger partial charge in [0.1, 0.15) is 0 Å². The maximum absolute atomic E-state index is 2.16. The second-order valence-corrected chi connectivity index (χ2v) is 4.46. The summed E-state index contributed by atoms with van der Waals surface area (Å²) in [4.78, 5) is 0. The fraction of sp³-hybridized carbons (Fsp3) is 0. The van der Waals surface area contributed by atoms with Gasteiger partial charge in [-0.05, 0) is 0 Å². The molecule has 0 amide bonds. The third-order valence-corrected chi connectivity index (χ3v) is 2.55. The van der Waals surface area contributed by atoms with Crippen molar-refractivity contribution in [2.24, 2.45) is 0 Å². The van der Waals surface area contributed by atoms with Crippen LogP contribution < -0.4 is 8.70 Å². The number of benzene rings is 1. The van der Waals surface area contributed by atoms with E-state index in [1.165, 1.54) is 8.70 Å². The molecule has 0 heterocycles. The summed E-state index contributed by atoms with van der Waals surface area (Å²) in [6.07, 6.45) is 0. The molecule has 2 unspecified atom stereocenters. The summed E-state index contributed by atoms with van der Waals surface area (Å²) >= 11 is 3.37. The summed E-state index contributed by atoms with van der Waals surface area (Å²) in [6, 6.07) is 8.66. The Morgan fingerprint density at radius 2 is 1.00 bits per heavy atom. The van der Waals surface area contributed by atoms with Crippen molar-refractivity contribution in [3.63, 3.8) is 0 Å². The van der Waals surface area contributed by atoms with Crippen molar-refractivity contribution in [3.05, 3.63) is 24.3 Å². The van der Waals surface area contributed by atoms with Crippen LogP contribution in [0.3, 0.4) is 0 Å². The summed E-state index contributed by atoms with van der Waals surface area (Å²) in [5.41, 5.74) is 0. The molecule has 0 aliphatic rings. The third-order valence-electron chi connectivity index (χ3n) is 0.936. The van der Waals surface area contributed by atoms with Crippen LogP contribution in [-0.4, -0.2) is 33.7 Å². The molecular weight excluding hydrogens is 222 g/mol. The SMILES string of the molecule is [AsH2]c1ccc([AsH2])cc1. The van der Waals surface area contributed by atoms with Gasteiger partial charge in [-0.15, -0.1) is 0 Å². The van der Waals surface area contributed by atoms with Crippen LogP contribution in [0.1, 0.15) is 0 Å². The van der Waals surface area contributed by atoms with Crippen molar-refractivity contribution in [3.8, 4) is 0 Å². The molecule has 2 heteroatoms. The first-order valence-electron chi connectivity index (χ1n) is 2.40. The van der Waals surface area contributed by atoms with E-state index in [1.54, 1.807) is 33.7 Å². The topological polar surface area (TPSA) is 0 Å². The number of hydrogen-bond donors (Lipinski definition) is 0. The van der Waals surface area contributed by atoms with Crippen LogP contribution in [-0.2, 0) is 0 Å². The van der Waals surface area contributed by atoms with Crippen LogP contribution >= 0.6 is 0 Å². The van der Waals surface area contributed by atoms with Gasteiger partial charge in [-0.2, -0.15) is 0 Å². The minimum atomic E-state index is 1.40. The van der Waals surface area contributed by atoms with Gasteiger partial charge in [-0.25, -0.2) is 0 Å². The van der Waals surface area contributed by atoms with E-state index >= 15 is 0 Å². The summed E-state index contributed by atoms with van der Waals surface area (Å²) in [5, 5.41) is 0. The molecule has 0 spiro atoms. The van der Waals surface area contributed by atoms with E-state index in [4.69, 9.17) is 0 Å². The molecule has 1 rings (SSSR count). The zero-order valence-corrected chi connectivity index (χ0v) is 9.31. The van der Waals surface area contributed by atoms with E-state index in [0.29, 0.717) is 0 Å². The normalized spacial score (nSPS) is 9.25. The maximum atomic E-state index is 2.16. The molecule has 1 aromatic rings. The molecule has 0 bridgehead atoms. The molecule has 1 aromatic carbocycles. The Hall–Kier alpha value is 0.337.